The molecule has 3 rings (SSSR count). The molecule has 0 saturated heterocycles. The van der Waals surface area contributed by atoms with Gasteiger partial charge in [-0.2, -0.15) is 0 Å². The van der Waals surface area contributed by atoms with Crippen LogP contribution in [0.4, 0.5) is 4.79 Å². The Kier molecular flexibility index (Phi) is 6.02. The van der Waals surface area contributed by atoms with E-state index in [0.717, 1.165) is 16.9 Å². The molecule has 3 aromatic rings. The average Bonchev–Trinajstić information content (AvgIpc) is 3.24. The molecule has 0 saturated carbocycles. The van der Waals surface area contributed by atoms with E-state index in [9.17, 15) is 9.59 Å². The molecule has 3 amide bonds. The standard InChI is InChI=1S/C21H21N3O3/c1-22-21(26)24-20(25)19(16-11-6-3-7-12-16)23-18(17-13-8-14-27-17)15-9-4-2-5-10-15/h2-14,18-19,23H,1H3,(H2,22,24,25,26)/p+1/t18-,19+/m1/s1. The lowest BCUT2D eigenvalue weighted by atomic mass is 10.00. The number of furan rings is 1. The lowest BCUT2D eigenvalue weighted by Crippen LogP contribution is -2.88. The quantitative estimate of drug-likeness (QED) is 0.626. The lowest BCUT2D eigenvalue weighted by molar-refractivity contribution is -0.715. The molecule has 2 aromatic carbocycles. The molecule has 1 aromatic heterocycles. The second-order valence-corrected chi connectivity index (χ2v) is 6.05. The van der Waals surface area contributed by atoms with Gasteiger partial charge >= 0.3 is 6.03 Å². The van der Waals surface area contributed by atoms with Gasteiger partial charge in [-0.1, -0.05) is 60.7 Å². The fourth-order valence-electron chi connectivity index (χ4n) is 2.95. The molecular weight excluding hydrogens is 342 g/mol. The van der Waals surface area contributed by atoms with Crippen LogP contribution >= 0.6 is 0 Å². The van der Waals surface area contributed by atoms with E-state index in [1.807, 2.05) is 78.1 Å². The van der Waals surface area contributed by atoms with Gasteiger partial charge in [0, 0.05) is 18.2 Å². The third-order valence-electron chi connectivity index (χ3n) is 4.30. The van der Waals surface area contributed by atoms with Gasteiger partial charge in [0.05, 0.1) is 6.26 Å². The smallest absolute Gasteiger partial charge is 0.321 e. The predicted octanol–water partition coefficient (Wildman–Crippen LogP) is 2.13. The van der Waals surface area contributed by atoms with Gasteiger partial charge in [0.2, 0.25) is 0 Å². The van der Waals surface area contributed by atoms with Gasteiger partial charge in [0.25, 0.3) is 5.91 Å². The van der Waals surface area contributed by atoms with E-state index in [0.29, 0.717) is 0 Å². The van der Waals surface area contributed by atoms with E-state index in [1.54, 1.807) is 6.26 Å². The number of imide groups is 1. The minimum absolute atomic E-state index is 0.234. The van der Waals surface area contributed by atoms with Crippen LogP contribution < -0.4 is 16.0 Å². The number of rotatable bonds is 6. The number of amides is 3. The summed E-state index contributed by atoms with van der Waals surface area (Å²) in [6.07, 6.45) is 1.61. The van der Waals surface area contributed by atoms with E-state index >= 15 is 0 Å². The van der Waals surface area contributed by atoms with Crippen LogP contribution in [0.25, 0.3) is 0 Å². The van der Waals surface area contributed by atoms with Crippen molar-refractivity contribution in [3.05, 3.63) is 95.9 Å². The van der Waals surface area contributed by atoms with Gasteiger partial charge in [-0.05, 0) is 12.1 Å². The molecule has 138 valence electrons. The Balaban J connectivity index is 1.95. The van der Waals surface area contributed by atoms with E-state index < -0.39 is 18.0 Å². The predicted molar refractivity (Wildman–Crippen MR) is 101 cm³/mol. The fraction of sp³-hybridized carbons (Fsp3) is 0.143. The van der Waals surface area contributed by atoms with Crippen molar-refractivity contribution in [3.8, 4) is 0 Å². The topological polar surface area (TPSA) is 88.0 Å². The molecule has 6 heteroatoms. The van der Waals surface area contributed by atoms with E-state index in [2.05, 4.69) is 10.6 Å². The molecule has 1 heterocycles. The molecule has 2 atom stereocenters. The number of nitrogens with two attached hydrogens (primary N) is 1. The third-order valence-corrected chi connectivity index (χ3v) is 4.30. The van der Waals surface area contributed by atoms with Crippen molar-refractivity contribution in [1.82, 2.24) is 10.6 Å². The van der Waals surface area contributed by atoms with Crippen molar-refractivity contribution in [2.75, 3.05) is 7.05 Å². The Morgan fingerprint density at radius 2 is 1.52 bits per heavy atom. The summed E-state index contributed by atoms with van der Waals surface area (Å²) in [6.45, 7) is 0. The Hall–Kier alpha value is -3.38. The van der Waals surface area contributed by atoms with Gasteiger partial charge in [-0.3, -0.25) is 10.1 Å². The highest BCUT2D eigenvalue weighted by molar-refractivity contribution is 5.96. The normalized spacial score (nSPS) is 12.8. The minimum Gasteiger partial charge on any atom is -0.463 e. The molecular formula is C21H22N3O3+. The first-order valence-corrected chi connectivity index (χ1v) is 8.70. The van der Waals surface area contributed by atoms with Gasteiger partial charge in [0.15, 0.2) is 17.8 Å². The Morgan fingerprint density at radius 1 is 0.889 bits per heavy atom. The van der Waals surface area contributed by atoms with Crippen molar-refractivity contribution in [3.63, 3.8) is 0 Å². The number of hydrogen-bond donors (Lipinski definition) is 3. The van der Waals surface area contributed by atoms with E-state index in [-0.39, 0.29) is 6.04 Å². The van der Waals surface area contributed by atoms with Crippen LogP contribution in [0, 0.1) is 0 Å². The number of hydrogen-bond acceptors (Lipinski definition) is 3. The number of nitrogens with one attached hydrogen (secondary N) is 2. The Labute approximate surface area is 157 Å². The first-order valence-electron chi connectivity index (χ1n) is 8.70. The maximum absolute atomic E-state index is 12.8. The highest BCUT2D eigenvalue weighted by Crippen LogP contribution is 2.21. The van der Waals surface area contributed by atoms with Crippen LogP contribution in [0.3, 0.4) is 0 Å². The van der Waals surface area contributed by atoms with E-state index in [1.165, 1.54) is 7.05 Å². The molecule has 27 heavy (non-hydrogen) atoms. The van der Waals surface area contributed by atoms with E-state index in [4.69, 9.17) is 4.42 Å². The summed E-state index contributed by atoms with van der Waals surface area (Å²) in [5, 5.41) is 6.70. The van der Waals surface area contributed by atoms with Crippen LogP contribution in [0.15, 0.2) is 83.5 Å². The largest absolute Gasteiger partial charge is 0.463 e. The highest BCUT2D eigenvalue weighted by atomic mass is 16.3. The minimum atomic E-state index is -0.626. The SMILES string of the molecule is CNC(=O)NC(=O)[C@@H]([NH2+][C@H](c1ccccc1)c1ccco1)c1ccccc1. The first kappa shape index (κ1) is 18.4. The molecule has 0 unspecified atom stereocenters. The summed E-state index contributed by atoms with van der Waals surface area (Å²) >= 11 is 0. The van der Waals surface area contributed by atoms with Crippen molar-refractivity contribution >= 4 is 11.9 Å². The molecule has 0 spiro atoms. The molecule has 0 aliphatic heterocycles. The molecule has 0 aliphatic carbocycles. The summed E-state index contributed by atoms with van der Waals surface area (Å²) in [5.41, 5.74) is 1.80. The van der Waals surface area contributed by atoms with Crippen molar-refractivity contribution in [2.24, 2.45) is 0 Å². The second kappa shape index (κ2) is 8.82. The zero-order chi connectivity index (χ0) is 19.1. The van der Waals surface area contributed by atoms with Crippen LogP contribution in [0.1, 0.15) is 29.0 Å². The van der Waals surface area contributed by atoms with Crippen LogP contribution in [-0.4, -0.2) is 19.0 Å². The zero-order valence-corrected chi connectivity index (χ0v) is 15.0. The van der Waals surface area contributed by atoms with Crippen LogP contribution in [-0.2, 0) is 4.79 Å². The summed E-state index contributed by atoms with van der Waals surface area (Å²) < 4.78 is 5.63. The lowest BCUT2D eigenvalue weighted by Gasteiger charge is -2.21. The Bertz CT molecular complexity index is 864. The average molecular weight is 364 g/mol. The molecule has 0 bridgehead atoms. The second-order valence-electron chi connectivity index (χ2n) is 6.05. The molecule has 0 radical (unpaired) electrons. The van der Waals surface area contributed by atoms with Gasteiger partial charge in [-0.25, -0.2) is 4.79 Å². The zero-order valence-electron chi connectivity index (χ0n) is 15.0. The number of carbonyl (C=O) groups excluding carboxylic acids is 2. The van der Waals surface area contributed by atoms with Crippen LogP contribution in [0.2, 0.25) is 0 Å². The van der Waals surface area contributed by atoms with Crippen molar-refractivity contribution < 1.29 is 19.3 Å². The first-order chi connectivity index (χ1) is 13.2. The number of benzene rings is 2. The van der Waals surface area contributed by atoms with Gasteiger partial charge in [0.1, 0.15) is 0 Å². The number of carbonyl (C=O) groups is 2. The monoisotopic (exact) mass is 364 g/mol. The molecule has 0 aliphatic rings. The van der Waals surface area contributed by atoms with Crippen molar-refractivity contribution in [1.29, 1.82) is 0 Å². The number of urea groups is 1. The molecule has 0 fully saturated rings. The highest BCUT2D eigenvalue weighted by Gasteiger charge is 2.31. The van der Waals surface area contributed by atoms with Crippen LogP contribution in [0.5, 0.6) is 0 Å². The fourth-order valence-corrected chi connectivity index (χ4v) is 2.95. The maximum Gasteiger partial charge on any atom is 0.321 e. The number of quaternary nitrogens is 1. The summed E-state index contributed by atoms with van der Waals surface area (Å²) in [4.78, 5) is 24.5. The van der Waals surface area contributed by atoms with Crippen molar-refractivity contribution in [2.45, 2.75) is 12.1 Å². The Morgan fingerprint density at radius 3 is 2.07 bits per heavy atom. The molecule has 4 N–H and O–H groups in total. The third kappa shape index (κ3) is 4.62. The summed E-state index contributed by atoms with van der Waals surface area (Å²) in [5.74, 6) is 0.336. The summed E-state index contributed by atoms with van der Waals surface area (Å²) in [6, 6.07) is 21.5. The van der Waals surface area contributed by atoms with Gasteiger partial charge < -0.3 is 15.1 Å². The van der Waals surface area contributed by atoms with Gasteiger partial charge in [-0.15, -0.1) is 0 Å². The summed E-state index contributed by atoms with van der Waals surface area (Å²) in [7, 11) is 1.47. The maximum atomic E-state index is 12.8. The molecule has 6 nitrogen and oxygen atoms in total.